The smallest absolute Gasteiger partial charge is 0.323 e. The summed E-state index contributed by atoms with van der Waals surface area (Å²) in [7, 11) is 0. The highest BCUT2D eigenvalue weighted by atomic mass is 35.5. The normalized spacial score (nSPS) is 19.8. The lowest BCUT2D eigenvalue weighted by atomic mass is 9.98. The van der Waals surface area contributed by atoms with E-state index in [0.717, 1.165) is 59.6 Å². The Bertz CT molecular complexity index is 2540. The Morgan fingerprint density at radius 2 is 1.98 bits per heavy atom. The number of nitrogens with zero attached hydrogens (tertiary/aromatic N) is 3. The fourth-order valence-electron chi connectivity index (χ4n) is 7.52. The van der Waals surface area contributed by atoms with Crippen LogP contribution < -0.4 is 20.5 Å². The molecular weight excluding hydrogens is 699 g/mol. The van der Waals surface area contributed by atoms with Crippen molar-refractivity contribution in [2.45, 2.75) is 51.7 Å². The molecule has 2 aromatic heterocycles. The SMILES string of the molecule is Cc1cc(NC(=O)c2ccc3c(c2)nc(CN2CC=C(c4cccc5c4OC(C)(c4ccc(Cl)cc4F)O5)CC2)n3C[C@@H]2CCO2)cc2[nH]c(=O)[nH]c12. The summed E-state index contributed by atoms with van der Waals surface area (Å²) in [4.78, 5) is 38.1. The number of rotatable bonds is 8. The molecule has 4 aromatic carbocycles. The van der Waals surface area contributed by atoms with E-state index in [1.54, 1.807) is 25.1 Å². The predicted octanol–water partition coefficient (Wildman–Crippen LogP) is 7.28. The van der Waals surface area contributed by atoms with Crippen LogP contribution in [0.3, 0.4) is 0 Å². The molecule has 13 heteroatoms. The second kappa shape index (κ2) is 12.9. The second-order valence-corrected chi connectivity index (χ2v) is 14.4. The second-order valence-electron chi connectivity index (χ2n) is 14.0. The van der Waals surface area contributed by atoms with Gasteiger partial charge >= 0.3 is 5.69 Å². The van der Waals surface area contributed by atoms with Crippen LogP contribution in [-0.4, -0.2) is 56.1 Å². The Hall–Kier alpha value is -5.43. The number of aryl methyl sites for hydroxylation is 1. The monoisotopic (exact) mass is 734 g/mol. The first-order chi connectivity index (χ1) is 25.6. The molecule has 1 unspecified atom stereocenters. The largest absolute Gasteiger partial charge is 0.444 e. The molecule has 1 fully saturated rings. The van der Waals surface area contributed by atoms with E-state index >= 15 is 0 Å². The topological polar surface area (TPSA) is 126 Å². The number of amides is 1. The van der Waals surface area contributed by atoms with Crippen molar-refractivity contribution < 1.29 is 23.4 Å². The van der Waals surface area contributed by atoms with Gasteiger partial charge in [-0.25, -0.2) is 14.2 Å². The maximum atomic E-state index is 14.9. The average Bonchev–Trinajstić information content (AvgIpc) is 3.78. The van der Waals surface area contributed by atoms with Crippen molar-refractivity contribution >= 4 is 50.8 Å². The van der Waals surface area contributed by atoms with Gasteiger partial charge in [0.2, 0.25) is 0 Å². The molecule has 0 spiro atoms. The van der Waals surface area contributed by atoms with Crippen molar-refractivity contribution in [2.24, 2.45) is 0 Å². The van der Waals surface area contributed by atoms with Crippen LogP contribution in [0.15, 0.2) is 77.6 Å². The van der Waals surface area contributed by atoms with Gasteiger partial charge in [0.25, 0.3) is 11.7 Å². The van der Waals surface area contributed by atoms with E-state index in [-0.39, 0.29) is 23.3 Å². The molecule has 1 amide bonds. The fourth-order valence-corrected chi connectivity index (χ4v) is 7.68. The summed E-state index contributed by atoms with van der Waals surface area (Å²) in [6.07, 6.45) is 4.08. The molecular formula is C40H36ClFN6O5. The van der Waals surface area contributed by atoms with Crippen molar-refractivity contribution in [2.75, 3.05) is 25.0 Å². The number of para-hydroxylation sites is 1. The number of benzene rings is 4. The number of carbonyl (C=O) groups excluding carboxylic acids is 1. The number of imidazole rings is 2. The third-order valence-electron chi connectivity index (χ3n) is 10.4. The van der Waals surface area contributed by atoms with E-state index in [1.807, 2.05) is 49.4 Å². The molecule has 11 nitrogen and oxygen atoms in total. The Morgan fingerprint density at radius 3 is 2.75 bits per heavy atom. The van der Waals surface area contributed by atoms with Gasteiger partial charge in [-0.1, -0.05) is 29.8 Å². The van der Waals surface area contributed by atoms with E-state index in [9.17, 15) is 14.0 Å². The number of aromatic amines is 2. The number of H-pyrrole nitrogens is 2. The van der Waals surface area contributed by atoms with Gasteiger partial charge in [-0.2, -0.15) is 0 Å². The molecule has 0 bridgehead atoms. The van der Waals surface area contributed by atoms with E-state index in [1.165, 1.54) is 6.07 Å². The van der Waals surface area contributed by atoms with Gasteiger partial charge in [0.15, 0.2) is 11.5 Å². The summed E-state index contributed by atoms with van der Waals surface area (Å²) < 4.78 is 35.5. The van der Waals surface area contributed by atoms with Gasteiger partial charge < -0.3 is 34.1 Å². The maximum absolute atomic E-state index is 14.9. The zero-order valence-corrected chi connectivity index (χ0v) is 29.9. The summed E-state index contributed by atoms with van der Waals surface area (Å²) in [5.74, 6) is -0.0135. The zero-order chi connectivity index (χ0) is 36.4. The first kappa shape index (κ1) is 33.4. The molecule has 0 saturated carbocycles. The number of nitrogens with one attached hydrogen (secondary N) is 3. The first-order valence-electron chi connectivity index (χ1n) is 17.6. The van der Waals surface area contributed by atoms with Crippen LogP contribution in [0.1, 0.15) is 52.6 Å². The highest BCUT2D eigenvalue weighted by molar-refractivity contribution is 6.30. The van der Waals surface area contributed by atoms with Gasteiger partial charge in [0, 0.05) is 48.5 Å². The minimum absolute atomic E-state index is 0.120. The van der Waals surface area contributed by atoms with Crippen LogP contribution in [-0.2, 0) is 23.6 Å². The van der Waals surface area contributed by atoms with E-state index < -0.39 is 11.6 Å². The van der Waals surface area contributed by atoms with Crippen LogP contribution in [0, 0.1) is 12.7 Å². The molecule has 3 aliphatic heterocycles. The standard InChI is InChI=1S/C40H36ClFN6O5/c1-22-16-26(19-32-36(22)46-39(50)45-32)43-38(49)24-6-9-33-31(17-24)44-35(48(33)20-27-12-15-51-27)21-47-13-10-23(11-14-47)28-4-3-5-34-37(28)53-40(2,52-34)29-8-7-25(41)18-30(29)42/h3-10,16-19,27H,11-15,20-21H2,1-2H3,(H,43,49)(H2,45,46,50)/t27-,40?/m0/s1. The summed E-state index contributed by atoms with van der Waals surface area (Å²) in [5, 5.41) is 3.28. The van der Waals surface area contributed by atoms with Crippen molar-refractivity contribution in [3.63, 3.8) is 0 Å². The number of ether oxygens (including phenoxy) is 3. The van der Waals surface area contributed by atoms with E-state index in [4.69, 9.17) is 30.8 Å². The van der Waals surface area contributed by atoms with Gasteiger partial charge in [-0.05, 0) is 85.5 Å². The highest BCUT2D eigenvalue weighted by Crippen LogP contribution is 2.49. The van der Waals surface area contributed by atoms with Crippen LogP contribution in [0.4, 0.5) is 10.1 Å². The number of hydrogen-bond donors (Lipinski definition) is 3. The summed E-state index contributed by atoms with van der Waals surface area (Å²) >= 11 is 6.00. The van der Waals surface area contributed by atoms with Crippen LogP contribution in [0.2, 0.25) is 5.02 Å². The first-order valence-corrected chi connectivity index (χ1v) is 18.0. The Kier molecular flexibility index (Phi) is 8.13. The molecule has 53 heavy (non-hydrogen) atoms. The number of carbonyl (C=O) groups is 1. The number of hydrogen-bond acceptors (Lipinski definition) is 7. The Labute approximate surface area is 308 Å². The third-order valence-corrected chi connectivity index (χ3v) is 10.6. The fraction of sp³-hybridized carbons (Fsp3) is 0.275. The molecule has 3 N–H and O–H groups in total. The lowest BCUT2D eigenvalue weighted by molar-refractivity contribution is -0.0708. The number of halogens is 2. The van der Waals surface area contributed by atoms with Crippen molar-refractivity contribution in [1.82, 2.24) is 24.4 Å². The van der Waals surface area contributed by atoms with Crippen LogP contribution in [0.5, 0.6) is 11.5 Å². The summed E-state index contributed by atoms with van der Waals surface area (Å²) in [6, 6.07) is 19.4. The number of fused-ring (bicyclic) bond motifs is 3. The molecule has 1 saturated heterocycles. The molecule has 0 aliphatic carbocycles. The van der Waals surface area contributed by atoms with Gasteiger partial charge in [0.05, 0.1) is 46.8 Å². The van der Waals surface area contributed by atoms with Gasteiger partial charge in [-0.3, -0.25) is 9.69 Å². The van der Waals surface area contributed by atoms with E-state index in [0.29, 0.717) is 58.4 Å². The van der Waals surface area contributed by atoms with Crippen molar-refractivity contribution in [3.05, 3.63) is 122 Å². The summed E-state index contributed by atoms with van der Waals surface area (Å²) in [6.45, 7) is 7.12. The Morgan fingerprint density at radius 1 is 1.11 bits per heavy atom. The highest BCUT2D eigenvalue weighted by Gasteiger charge is 2.42. The van der Waals surface area contributed by atoms with Crippen LogP contribution >= 0.6 is 11.6 Å². The minimum atomic E-state index is -1.32. The zero-order valence-electron chi connectivity index (χ0n) is 29.1. The van der Waals surface area contributed by atoms with Gasteiger partial charge in [-0.15, -0.1) is 0 Å². The maximum Gasteiger partial charge on any atom is 0.323 e. The molecule has 6 aromatic rings. The average molecular weight is 735 g/mol. The van der Waals surface area contributed by atoms with E-state index in [2.05, 4.69) is 30.8 Å². The molecule has 9 rings (SSSR count). The third kappa shape index (κ3) is 6.16. The van der Waals surface area contributed by atoms with Crippen LogP contribution in [0.25, 0.3) is 27.6 Å². The molecule has 5 heterocycles. The number of anilines is 1. The minimum Gasteiger partial charge on any atom is -0.444 e. The predicted molar refractivity (Wildman–Crippen MR) is 200 cm³/mol. The Balaban J connectivity index is 0.941. The van der Waals surface area contributed by atoms with Crippen molar-refractivity contribution in [3.8, 4) is 11.5 Å². The molecule has 3 aliphatic rings. The number of aromatic nitrogens is 4. The van der Waals surface area contributed by atoms with Crippen molar-refractivity contribution in [1.29, 1.82) is 0 Å². The lowest BCUT2D eigenvalue weighted by Crippen LogP contribution is -2.33. The van der Waals surface area contributed by atoms with Gasteiger partial charge in [0.1, 0.15) is 11.6 Å². The molecule has 2 atom stereocenters. The molecule has 0 radical (unpaired) electrons. The lowest BCUT2D eigenvalue weighted by Gasteiger charge is -2.29. The quantitative estimate of drug-likeness (QED) is 0.150. The summed E-state index contributed by atoms with van der Waals surface area (Å²) in [5.41, 5.74) is 6.98. The molecule has 270 valence electrons.